The number of quaternary nitrogens is 1. The number of carbonyl (C=O) groups is 2. The minimum atomic E-state index is -4.40. The Hall–Kier alpha value is -2.43. The van der Waals surface area contributed by atoms with Crippen LogP contribution in [-0.4, -0.2) is 74.9 Å². The van der Waals surface area contributed by atoms with Crippen molar-refractivity contribution in [2.24, 2.45) is 0 Å². The van der Waals surface area contributed by atoms with E-state index in [1.54, 1.807) is 0 Å². The lowest BCUT2D eigenvalue weighted by Gasteiger charge is -2.24. The second kappa shape index (κ2) is 29.8. The number of hydrogen-bond acceptors (Lipinski definition) is 9. The number of esters is 2. The topological polar surface area (TPSA) is 135 Å². The van der Waals surface area contributed by atoms with Crippen LogP contribution in [0.25, 0.3) is 0 Å². The van der Waals surface area contributed by atoms with E-state index in [2.05, 4.69) is 40.7 Å². The van der Waals surface area contributed by atoms with Gasteiger partial charge in [0.05, 0.1) is 27.7 Å². The van der Waals surface area contributed by atoms with Gasteiger partial charge in [0.25, 0.3) is 0 Å². The maximum Gasteiger partial charge on any atom is 0.472 e. The highest BCUT2D eigenvalue weighted by atomic mass is 31.2. The number of likely N-dealkylation sites (N-methyl/N-ethyl adjacent to an activating group) is 1. The fourth-order valence-corrected chi connectivity index (χ4v) is 7.82. The molecule has 2 atom stereocenters. The molecule has 2 heterocycles. The van der Waals surface area contributed by atoms with Gasteiger partial charge in [-0.15, -0.1) is 0 Å². The molecule has 0 saturated heterocycles. The fourth-order valence-electron chi connectivity index (χ4n) is 7.08. The van der Waals surface area contributed by atoms with E-state index in [0.717, 1.165) is 113 Å². The number of nitrogens with zero attached hydrogens (tertiary/aromatic N) is 1. The van der Waals surface area contributed by atoms with E-state index in [-0.39, 0.29) is 26.1 Å². The number of rotatable bonds is 36. The van der Waals surface area contributed by atoms with Crippen molar-refractivity contribution < 1.29 is 50.9 Å². The van der Waals surface area contributed by atoms with Crippen molar-refractivity contribution >= 4 is 19.8 Å². The molecule has 0 spiro atoms. The molecule has 0 aliphatic carbocycles. The minimum absolute atomic E-state index is 0.0182. The summed E-state index contributed by atoms with van der Waals surface area (Å²) in [6.07, 6.45) is 22.5. The first-order valence-electron chi connectivity index (χ1n) is 23.1. The largest absolute Gasteiger partial charge is 0.472 e. The summed E-state index contributed by atoms with van der Waals surface area (Å²) < 4.78 is 46.7. The van der Waals surface area contributed by atoms with Crippen LogP contribution in [0, 0.1) is 20.8 Å². The molecule has 2 aromatic heterocycles. The molecule has 0 radical (unpaired) electrons. The predicted octanol–water partition coefficient (Wildman–Crippen LogP) is 11.8. The zero-order valence-electron chi connectivity index (χ0n) is 38.5. The van der Waals surface area contributed by atoms with Crippen molar-refractivity contribution in [1.82, 2.24) is 0 Å². The molecule has 340 valence electrons. The molecular formula is C47H83NO10P+. The number of furan rings is 2. The highest BCUT2D eigenvalue weighted by Gasteiger charge is 2.27. The van der Waals surface area contributed by atoms with Crippen LogP contribution in [0.15, 0.2) is 14.9 Å². The van der Waals surface area contributed by atoms with Crippen LogP contribution in [0.2, 0.25) is 0 Å². The molecule has 0 amide bonds. The Morgan fingerprint density at radius 3 is 1.69 bits per heavy atom. The first-order valence-corrected chi connectivity index (χ1v) is 24.6. The lowest BCUT2D eigenvalue weighted by Crippen LogP contribution is -2.37. The summed E-state index contributed by atoms with van der Waals surface area (Å²) in [4.78, 5) is 35.6. The van der Waals surface area contributed by atoms with Crippen LogP contribution in [0.5, 0.6) is 0 Å². The van der Waals surface area contributed by atoms with Crippen LogP contribution in [0.1, 0.15) is 182 Å². The van der Waals surface area contributed by atoms with E-state index in [9.17, 15) is 19.0 Å². The van der Waals surface area contributed by atoms with Crippen molar-refractivity contribution in [2.45, 2.75) is 195 Å². The Morgan fingerprint density at radius 2 is 1.15 bits per heavy atom. The van der Waals surface area contributed by atoms with Crippen LogP contribution < -0.4 is 0 Å². The van der Waals surface area contributed by atoms with Gasteiger partial charge in [-0.3, -0.25) is 18.6 Å². The molecule has 59 heavy (non-hydrogen) atoms. The highest BCUT2D eigenvalue weighted by molar-refractivity contribution is 7.47. The summed E-state index contributed by atoms with van der Waals surface area (Å²) in [6.45, 7) is 10.7. The molecule has 0 bridgehead atoms. The van der Waals surface area contributed by atoms with Gasteiger partial charge in [-0.1, -0.05) is 90.9 Å². The van der Waals surface area contributed by atoms with Gasteiger partial charge in [0.2, 0.25) is 0 Å². The Morgan fingerprint density at radius 1 is 0.644 bits per heavy atom. The summed E-state index contributed by atoms with van der Waals surface area (Å²) in [5.74, 6) is 3.66. The summed E-state index contributed by atoms with van der Waals surface area (Å²) in [5.41, 5.74) is 3.87. The zero-order valence-corrected chi connectivity index (χ0v) is 39.4. The average molecular weight is 853 g/mol. The van der Waals surface area contributed by atoms with Gasteiger partial charge in [0, 0.05) is 38.5 Å². The number of phosphoric ester groups is 1. The first-order chi connectivity index (χ1) is 28.1. The van der Waals surface area contributed by atoms with Crippen molar-refractivity contribution in [3.8, 4) is 0 Å². The monoisotopic (exact) mass is 853 g/mol. The summed E-state index contributed by atoms with van der Waals surface area (Å²) in [5, 5.41) is 0. The Kier molecular flexibility index (Phi) is 26.6. The molecule has 11 nitrogen and oxygen atoms in total. The van der Waals surface area contributed by atoms with Crippen molar-refractivity contribution in [2.75, 3.05) is 47.5 Å². The van der Waals surface area contributed by atoms with Gasteiger partial charge in [-0.2, -0.15) is 0 Å². The average Bonchev–Trinajstić information content (AvgIpc) is 3.66. The number of hydrogen-bond donors (Lipinski definition) is 1. The van der Waals surface area contributed by atoms with E-state index in [1.807, 2.05) is 21.1 Å². The molecule has 0 fully saturated rings. The molecule has 0 saturated carbocycles. The summed E-state index contributed by atoms with van der Waals surface area (Å²) in [6, 6.07) is 2.18. The van der Waals surface area contributed by atoms with Crippen LogP contribution in [0.4, 0.5) is 0 Å². The number of carbonyl (C=O) groups excluding carboxylic acids is 2. The van der Waals surface area contributed by atoms with Crippen LogP contribution >= 0.6 is 7.82 Å². The van der Waals surface area contributed by atoms with Gasteiger partial charge in [0.15, 0.2) is 6.10 Å². The molecule has 2 aromatic rings. The predicted molar refractivity (Wildman–Crippen MR) is 236 cm³/mol. The van der Waals surface area contributed by atoms with Gasteiger partial charge in [0.1, 0.15) is 42.8 Å². The van der Waals surface area contributed by atoms with E-state index in [4.69, 9.17) is 27.4 Å². The molecule has 2 rings (SSSR count). The zero-order chi connectivity index (χ0) is 43.5. The Bertz CT molecular complexity index is 1490. The summed E-state index contributed by atoms with van der Waals surface area (Å²) >= 11 is 0. The smallest absolute Gasteiger partial charge is 0.466 e. The quantitative estimate of drug-likeness (QED) is 0.0305. The number of aryl methyl sites for hydroxylation is 5. The van der Waals surface area contributed by atoms with Crippen molar-refractivity contribution in [1.29, 1.82) is 0 Å². The second-order valence-corrected chi connectivity index (χ2v) is 19.0. The lowest BCUT2D eigenvalue weighted by atomic mass is 10.0. The van der Waals surface area contributed by atoms with Crippen molar-refractivity contribution in [3.63, 3.8) is 0 Å². The standard InChI is InChI=1S/C47H82NO10P/c1-9-11-22-29-44-39(4)40(5)45(58-44)30-24-19-16-17-21-26-32-47(50)57-42(37-55-59(51,52)54-34-33-48(6,7)8)36-53-46(49)31-25-20-15-13-12-14-18-23-28-43-38(3)35-41(56-43)27-10-2/h35,42H,9-34,36-37H2,1-8H3/p+1. The third-order valence-corrected chi connectivity index (χ3v) is 11.9. The third kappa shape index (κ3) is 24.6. The molecule has 0 aliphatic rings. The fraction of sp³-hybridized carbons (Fsp3) is 0.787. The van der Waals surface area contributed by atoms with Gasteiger partial charge in [-0.25, -0.2) is 4.57 Å². The van der Waals surface area contributed by atoms with Crippen molar-refractivity contribution in [3.05, 3.63) is 45.8 Å². The van der Waals surface area contributed by atoms with Gasteiger partial charge >= 0.3 is 19.8 Å². The van der Waals surface area contributed by atoms with Gasteiger partial charge in [-0.05, 0) is 82.1 Å². The molecule has 1 N–H and O–H groups in total. The van der Waals surface area contributed by atoms with Crippen LogP contribution in [0.3, 0.4) is 0 Å². The SMILES string of the molecule is CCCCCc1oc(CCCCCCCCC(=O)OC(COC(=O)CCCCCCCCCCc2oc(CCC)cc2C)COP(=O)(O)OCC[N+](C)(C)C)c(C)c1C. The Balaban J connectivity index is 1.66. The van der Waals surface area contributed by atoms with E-state index in [0.29, 0.717) is 23.9 Å². The summed E-state index contributed by atoms with van der Waals surface area (Å²) in [7, 11) is 1.43. The Labute approximate surface area is 357 Å². The van der Waals surface area contributed by atoms with Gasteiger partial charge < -0.3 is 27.7 Å². The number of ether oxygens (including phenoxy) is 2. The van der Waals surface area contributed by atoms with E-state index < -0.39 is 32.5 Å². The maximum absolute atomic E-state index is 12.8. The first kappa shape index (κ1) is 52.7. The van der Waals surface area contributed by atoms with Crippen LogP contribution in [-0.2, 0) is 58.4 Å². The third-order valence-electron chi connectivity index (χ3n) is 11.0. The second-order valence-electron chi connectivity index (χ2n) is 17.6. The molecule has 0 aliphatic heterocycles. The van der Waals surface area contributed by atoms with E-state index >= 15 is 0 Å². The molecular weight excluding hydrogens is 769 g/mol. The number of unbranched alkanes of at least 4 members (excludes halogenated alkanes) is 14. The molecule has 0 aromatic carbocycles. The molecule has 2 unspecified atom stereocenters. The lowest BCUT2D eigenvalue weighted by molar-refractivity contribution is -0.870. The normalized spacial score (nSPS) is 13.4. The number of phosphoric acid groups is 1. The molecule has 12 heteroatoms. The maximum atomic E-state index is 12.8. The van der Waals surface area contributed by atoms with E-state index in [1.165, 1.54) is 55.2 Å². The highest BCUT2D eigenvalue weighted by Crippen LogP contribution is 2.43. The minimum Gasteiger partial charge on any atom is -0.466 e.